The third kappa shape index (κ3) is 3.31. The van der Waals surface area contributed by atoms with Crippen LogP contribution in [-0.2, 0) is 12.7 Å². The number of hydrogen-bond donors (Lipinski definition) is 1. The fourth-order valence-electron chi connectivity index (χ4n) is 1.32. The molecule has 0 fully saturated rings. The Hall–Kier alpha value is -1.90. The van der Waals surface area contributed by atoms with Gasteiger partial charge < -0.3 is 10.1 Å². The minimum Gasteiger partial charge on any atom is -0.481 e. The first-order valence-corrected chi connectivity index (χ1v) is 5.95. The van der Waals surface area contributed by atoms with Crippen molar-refractivity contribution in [3.63, 3.8) is 0 Å². The van der Waals surface area contributed by atoms with Crippen LogP contribution in [0.3, 0.4) is 0 Å². The molecule has 0 saturated carbocycles. The molecular formula is C10H9F3N4OS. The molecule has 0 aromatic carbocycles. The van der Waals surface area contributed by atoms with E-state index in [-0.39, 0.29) is 11.7 Å². The molecule has 0 aliphatic heterocycles. The highest BCUT2D eigenvalue weighted by atomic mass is 32.1. The zero-order valence-corrected chi connectivity index (χ0v) is 10.5. The van der Waals surface area contributed by atoms with Gasteiger partial charge in [-0.05, 0) is 6.07 Å². The molecule has 5 nitrogen and oxygen atoms in total. The van der Waals surface area contributed by atoms with Gasteiger partial charge in [0.15, 0.2) is 0 Å². The van der Waals surface area contributed by atoms with E-state index in [1.54, 1.807) is 18.3 Å². The average Bonchev–Trinajstić information content (AvgIpc) is 2.85. The summed E-state index contributed by atoms with van der Waals surface area (Å²) in [6.45, 7) is 0.253. The summed E-state index contributed by atoms with van der Waals surface area (Å²) in [6.07, 6.45) is -2.90. The van der Waals surface area contributed by atoms with Crippen LogP contribution in [0.15, 0.2) is 18.3 Å². The van der Waals surface area contributed by atoms with E-state index in [2.05, 4.69) is 20.5 Å². The van der Waals surface area contributed by atoms with Crippen molar-refractivity contribution in [1.82, 2.24) is 15.2 Å². The number of rotatable bonds is 4. The Kier molecular flexibility index (Phi) is 3.84. The molecule has 0 aliphatic carbocycles. The van der Waals surface area contributed by atoms with E-state index in [9.17, 15) is 13.2 Å². The topological polar surface area (TPSA) is 59.9 Å². The van der Waals surface area contributed by atoms with Gasteiger partial charge in [-0.2, -0.15) is 13.2 Å². The van der Waals surface area contributed by atoms with Crippen LogP contribution in [0.1, 0.15) is 10.6 Å². The smallest absolute Gasteiger partial charge is 0.445 e. The number of methoxy groups -OCH3 is 1. The van der Waals surface area contributed by atoms with Crippen LogP contribution in [0.4, 0.5) is 18.3 Å². The number of alkyl halides is 3. The molecule has 2 heterocycles. The van der Waals surface area contributed by atoms with Crippen molar-refractivity contribution in [2.24, 2.45) is 0 Å². The van der Waals surface area contributed by atoms with Gasteiger partial charge in [0.25, 0.3) is 0 Å². The maximum atomic E-state index is 12.3. The molecular weight excluding hydrogens is 281 g/mol. The first-order chi connectivity index (χ1) is 9.00. The molecule has 0 unspecified atom stereocenters. The van der Waals surface area contributed by atoms with Gasteiger partial charge in [0, 0.05) is 18.3 Å². The highest BCUT2D eigenvalue weighted by Gasteiger charge is 2.35. The number of nitrogens with one attached hydrogen (secondary N) is 1. The van der Waals surface area contributed by atoms with Crippen LogP contribution in [-0.4, -0.2) is 22.3 Å². The molecule has 0 atom stereocenters. The summed E-state index contributed by atoms with van der Waals surface area (Å²) in [5.41, 5.74) is 0.716. The standard InChI is InChI=1S/C10H9F3N4OS/c1-18-7-6(3-2-4-14-7)5-15-9-17-16-8(19-9)10(11,12)13/h2-4H,5H2,1H3,(H,15,17). The van der Waals surface area contributed by atoms with Crippen LogP contribution < -0.4 is 10.1 Å². The number of halogens is 3. The normalized spacial score (nSPS) is 11.4. The Morgan fingerprint density at radius 2 is 2.16 bits per heavy atom. The van der Waals surface area contributed by atoms with Crippen molar-refractivity contribution in [2.75, 3.05) is 12.4 Å². The molecule has 2 aromatic rings. The van der Waals surface area contributed by atoms with E-state index >= 15 is 0 Å². The van der Waals surface area contributed by atoms with Crippen LogP contribution in [0.2, 0.25) is 0 Å². The van der Waals surface area contributed by atoms with Crippen molar-refractivity contribution >= 4 is 16.5 Å². The number of aromatic nitrogens is 3. The lowest BCUT2D eigenvalue weighted by Gasteiger charge is -2.06. The van der Waals surface area contributed by atoms with E-state index < -0.39 is 11.2 Å². The van der Waals surface area contributed by atoms with Crippen molar-refractivity contribution in [3.05, 3.63) is 28.9 Å². The second kappa shape index (κ2) is 5.39. The summed E-state index contributed by atoms with van der Waals surface area (Å²) in [5.74, 6) is 0.413. The summed E-state index contributed by atoms with van der Waals surface area (Å²) >= 11 is 0.453. The van der Waals surface area contributed by atoms with E-state index in [1.165, 1.54) is 7.11 Å². The molecule has 2 rings (SSSR count). The second-order valence-corrected chi connectivity index (χ2v) is 4.41. The molecule has 0 aliphatic rings. The zero-order chi connectivity index (χ0) is 13.9. The van der Waals surface area contributed by atoms with E-state index in [0.29, 0.717) is 22.8 Å². The van der Waals surface area contributed by atoms with Crippen molar-refractivity contribution < 1.29 is 17.9 Å². The van der Waals surface area contributed by atoms with Crippen LogP contribution in [0.5, 0.6) is 5.88 Å². The number of ether oxygens (including phenoxy) is 1. The van der Waals surface area contributed by atoms with Crippen molar-refractivity contribution in [1.29, 1.82) is 0 Å². The molecule has 9 heteroatoms. The van der Waals surface area contributed by atoms with Crippen molar-refractivity contribution in [2.45, 2.75) is 12.7 Å². The maximum absolute atomic E-state index is 12.3. The Bertz CT molecular complexity index is 558. The summed E-state index contributed by atoms with van der Waals surface area (Å²) in [6, 6.07) is 3.46. The fraction of sp³-hybridized carbons (Fsp3) is 0.300. The lowest BCUT2D eigenvalue weighted by atomic mass is 10.3. The highest BCUT2D eigenvalue weighted by Crippen LogP contribution is 2.33. The Labute approximate surface area is 110 Å². The summed E-state index contributed by atoms with van der Waals surface area (Å²) in [4.78, 5) is 3.98. The minimum absolute atomic E-state index is 0.0956. The third-order valence-corrected chi connectivity index (χ3v) is 3.07. The average molecular weight is 290 g/mol. The predicted molar refractivity (Wildman–Crippen MR) is 63.0 cm³/mol. The van der Waals surface area contributed by atoms with Gasteiger partial charge in [-0.15, -0.1) is 10.2 Å². The monoisotopic (exact) mass is 290 g/mol. The number of nitrogens with zero attached hydrogens (tertiary/aromatic N) is 3. The number of hydrogen-bond acceptors (Lipinski definition) is 6. The SMILES string of the molecule is COc1ncccc1CNc1nnc(C(F)(F)F)s1. The van der Waals surface area contributed by atoms with Gasteiger partial charge in [0.1, 0.15) is 0 Å². The zero-order valence-electron chi connectivity index (χ0n) is 9.73. The van der Waals surface area contributed by atoms with Crippen LogP contribution in [0, 0.1) is 0 Å². The van der Waals surface area contributed by atoms with Gasteiger partial charge >= 0.3 is 6.18 Å². The first kappa shape index (κ1) is 13.5. The molecule has 0 amide bonds. The molecule has 19 heavy (non-hydrogen) atoms. The fourth-order valence-corrected chi connectivity index (χ4v) is 1.93. The predicted octanol–water partition coefficient (Wildman–Crippen LogP) is 2.57. The second-order valence-electron chi connectivity index (χ2n) is 3.44. The molecule has 1 N–H and O–H groups in total. The largest absolute Gasteiger partial charge is 0.481 e. The summed E-state index contributed by atoms with van der Waals surface area (Å²) < 4.78 is 42.0. The lowest BCUT2D eigenvalue weighted by Crippen LogP contribution is -2.03. The first-order valence-electron chi connectivity index (χ1n) is 5.13. The van der Waals surface area contributed by atoms with Crippen LogP contribution >= 0.6 is 11.3 Å². The molecule has 2 aromatic heterocycles. The highest BCUT2D eigenvalue weighted by molar-refractivity contribution is 7.15. The molecule has 102 valence electrons. The Morgan fingerprint density at radius 1 is 1.37 bits per heavy atom. The molecule has 0 saturated heterocycles. The van der Waals surface area contributed by atoms with Gasteiger partial charge in [0.2, 0.25) is 16.0 Å². The Morgan fingerprint density at radius 3 is 2.79 bits per heavy atom. The quantitative estimate of drug-likeness (QED) is 0.937. The van der Waals surface area contributed by atoms with Crippen molar-refractivity contribution in [3.8, 4) is 5.88 Å². The maximum Gasteiger partial charge on any atom is 0.445 e. The van der Waals surface area contributed by atoms with E-state index in [4.69, 9.17) is 4.74 Å². The van der Waals surface area contributed by atoms with E-state index in [1.807, 2.05) is 0 Å². The Balaban J connectivity index is 2.05. The van der Waals surface area contributed by atoms with Crippen LogP contribution in [0.25, 0.3) is 0 Å². The molecule has 0 spiro atoms. The number of pyridine rings is 1. The summed E-state index contributed by atoms with van der Waals surface area (Å²) in [7, 11) is 1.47. The third-order valence-electron chi connectivity index (χ3n) is 2.14. The lowest BCUT2D eigenvalue weighted by molar-refractivity contribution is -0.138. The summed E-state index contributed by atoms with van der Waals surface area (Å²) in [5, 5.41) is 8.38. The van der Waals surface area contributed by atoms with E-state index in [0.717, 1.165) is 0 Å². The van der Waals surface area contributed by atoms with Gasteiger partial charge in [0.05, 0.1) is 7.11 Å². The number of anilines is 1. The molecule has 0 bridgehead atoms. The van der Waals surface area contributed by atoms with Gasteiger partial charge in [-0.25, -0.2) is 4.98 Å². The van der Waals surface area contributed by atoms with Gasteiger partial charge in [-0.3, -0.25) is 0 Å². The molecule has 0 radical (unpaired) electrons. The van der Waals surface area contributed by atoms with Gasteiger partial charge in [-0.1, -0.05) is 17.4 Å². The minimum atomic E-state index is -4.47.